The predicted octanol–water partition coefficient (Wildman–Crippen LogP) is 1.32. The molecule has 0 atom stereocenters. The molecular weight excluding hydrogens is 333 g/mol. The first-order chi connectivity index (χ1) is 9.98. The highest BCUT2D eigenvalue weighted by Crippen LogP contribution is 2.25. The Morgan fingerprint density at radius 3 is 2.43 bits per heavy atom. The van der Waals surface area contributed by atoms with Crippen molar-refractivity contribution in [1.82, 2.24) is 14.9 Å². The summed E-state index contributed by atoms with van der Waals surface area (Å²) in [6.07, 6.45) is 0. The van der Waals surface area contributed by atoms with Crippen LogP contribution in [0.4, 0.5) is 0 Å². The summed E-state index contributed by atoms with van der Waals surface area (Å²) in [4.78, 5) is 2.22. The maximum Gasteiger partial charge on any atom is 0.215 e. The molecule has 1 aliphatic rings. The van der Waals surface area contributed by atoms with Crippen molar-refractivity contribution in [3.63, 3.8) is 0 Å². The first kappa shape index (κ1) is 17.0. The highest BCUT2D eigenvalue weighted by atomic mass is 35.5. The van der Waals surface area contributed by atoms with Gasteiger partial charge in [0.2, 0.25) is 10.0 Å². The van der Waals surface area contributed by atoms with Crippen LogP contribution in [0.2, 0.25) is 10.0 Å². The van der Waals surface area contributed by atoms with Crippen LogP contribution in [-0.2, 0) is 15.8 Å². The summed E-state index contributed by atoms with van der Waals surface area (Å²) < 4.78 is 26.8. The zero-order valence-electron chi connectivity index (χ0n) is 11.6. The lowest BCUT2D eigenvalue weighted by Gasteiger charge is -2.27. The third-order valence-corrected chi connectivity index (χ3v) is 5.38. The van der Waals surface area contributed by atoms with E-state index in [-0.39, 0.29) is 5.75 Å². The third kappa shape index (κ3) is 5.39. The van der Waals surface area contributed by atoms with Crippen molar-refractivity contribution < 1.29 is 8.42 Å². The molecule has 118 valence electrons. The van der Waals surface area contributed by atoms with Gasteiger partial charge in [0.25, 0.3) is 0 Å². The van der Waals surface area contributed by atoms with Gasteiger partial charge in [0.05, 0.1) is 5.75 Å². The molecule has 0 aromatic heterocycles. The molecule has 1 aliphatic heterocycles. The summed E-state index contributed by atoms with van der Waals surface area (Å²) in [5.41, 5.74) is 0.440. The van der Waals surface area contributed by atoms with Crippen LogP contribution in [0.15, 0.2) is 18.2 Å². The van der Waals surface area contributed by atoms with Gasteiger partial charge >= 0.3 is 0 Å². The highest BCUT2D eigenvalue weighted by Gasteiger charge is 2.17. The quantitative estimate of drug-likeness (QED) is 0.811. The lowest BCUT2D eigenvalue weighted by molar-refractivity contribution is 0.245. The van der Waals surface area contributed by atoms with Crippen LogP contribution < -0.4 is 10.0 Å². The molecule has 8 heteroatoms. The first-order valence-electron chi connectivity index (χ1n) is 6.81. The van der Waals surface area contributed by atoms with E-state index in [1.807, 2.05) is 0 Å². The minimum Gasteiger partial charge on any atom is -0.314 e. The number of nitrogens with one attached hydrogen (secondary N) is 2. The fourth-order valence-electron chi connectivity index (χ4n) is 2.21. The van der Waals surface area contributed by atoms with E-state index in [0.29, 0.717) is 28.7 Å². The average Bonchev–Trinajstić information content (AvgIpc) is 2.44. The van der Waals surface area contributed by atoms with E-state index in [4.69, 9.17) is 23.2 Å². The van der Waals surface area contributed by atoms with Crippen LogP contribution in [0.25, 0.3) is 0 Å². The van der Waals surface area contributed by atoms with Crippen LogP contribution >= 0.6 is 23.2 Å². The maximum atomic E-state index is 12.1. The first-order valence-corrected chi connectivity index (χ1v) is 9.22. The molecule has 1 fully saturated rings. The summed E-state index contributed by atoms with van der Waals surface area (Å²) in [7, 11) is -3.44. The van der Waals surface area contributed by atoms with Crippen LogP contribution in [0.3, 0.4) is 0 Å². The SMILES string of the molecule is O=S(=O)(Cc1c(Cl)cccc1Cl)NCCN1CCNCC1. The third-order valence-electron chi connectivity index (χ3n) is 3.36. The number of hydrogen-bond acceptors (Lipinski definition) is 4. The van der Waals surface area contributed by atoms with E-state index in [0.717, 1.165) is 26.2 Å². The van der Waals surface area contributed by atoms with Gasteiger partial charge in [-0.25, -0.2) is 13.1 Å². The van der Waals surface area contributed by atoms with Gasteiger partial charge < -0.3 is 5.32 Å². The summed E-state index contributed by atoms with van der Waals surface area (Å²) in [6.45, 7) is 4.88. The predicted molar refractivity (Wildman–Crippen MR) is 86.4 cm³/mol. The topological polar surface area (TPSA) is 61.4 Å². The Labute approximate surface area is 135 Å². The number of halogens is 2. The Morgan fingerprint density at radius 1 is 1.19 bits per heavy atom. The van der Waals surface area contributed by atoms with Crippen molar-refractivity contribution >= 4 is 33.2 Å². The second-order valence-electron chi connectivity index (χ2n) is 4.95. The summed E-state index contributed by atoms with van der Waals surface area (Å²) in [5.74, 6) is -0.201. The standard InChI is InChI=1S/C13H19Cl2N3O2S/c14-12-2-1-3-13(15)11(12)10-21(19,20)17-6-9-18-7-4-16-5-8-18/h1-3,16-17H,4-10H2. The number of nitrogens with zero attached hydrogens (tertiary/aromatic N) is 1. The Bertz CT molecular complexity index is 555. The normalized spacial score (nSPS) is 17.0. The minimum absolute atomic E-state index is 0.201. The van der Waals surface area contributed by atoms with Gasteiger partial charge in [0, 0.05) is 54.9 Å². The van der Waals surface area contributed by atoms with Crippen molar-refractivity contribution in [2.45, 2.75) is 5.75 Å². The number of rotatable bonds is 6. The van der Waals surface area contributed by atoms with E-state index < -0.39 is 10.0 Å². The molecule has 0 radical (unpaired) electrons. The monoisotopic (exact) mass is 351 g/mol. The number of sulfonamides is 1. The van der Waals surface area contributed by atoms with Gasteiger partial charge in [0.15, 0.2) is 0 Å². The summed E-state index contributed by atoms with van der Waals surface area (Å²) >= 11 is 12.0. The van der Waals surface area contributed by atoms with Gasteiger partial charge in [-0.3, -0.25) is 4.90 Å². The van der Waals surface area contributed by atoms with E-state index in [2.05, 4.69) is 14.9 Å². The number of hydrogen-bond donors (Lipinski definition) is 2. The zero-order chi connectivity index (χ0) is 15.3. The Balaban J connectivity index is 1.87. The molecule has 0 spiro atoms. The van der Waals surface area contributed by atoms with E-state index >= 15 is 0 Å². The molecule has 0 aliphatic carbocycles. The lowest BCUT2D eigenvalue weighted by Crippen LogP contribution is -2.46. The van der Waals surface area contributed by atoms with E-state index in [1.54, 1.807) is 18.2 Å². The second kappa shape index (κ2) is 7.76. The molecule has 0 bridgehead atoms. The molecule has 1 aromatic rings. The minimum atomic E-state index is -3.44. The zero-order valence-corrected chi connectivity index (χ0v) is 13.9. The van der Waals surface area contributed by atoms with Crippen LogP contribution in [0.1, 0.15) is 5.56 Å². The molecule has 2 N–H and O–H groups in total. The molecule has 21 heavy (non-hydrogen) atoms. The molecular formula is C13H19Cl2N3O2S. The Hall–Kier alpha value is -0.370. The number of benzene rings is 1. The van der Waals surface area contributed by atoms with Gasteiger partial charge in [-0.05, 0) is 12.1 Å². The average molecular weight is 352 g/mol. The molecule has 5 nitrogen and oxygen atoms in total. The van der Waals surface area contributed by atoms with Crippen molar-refractivity contribution in [3.8, 4) is 0 Å². The molecule has 1 saturated heterocycles. The van der Waals surface area contributed by atoms with Gasteiger partial charge in [-0.2, -0.15) is 0 Å². The summed E-state index contributed by atoms with van der Waals surface area (Å²) in [6, 6.07) is 4.97. The van der Waals surface area contributed by atoms with E-state index in [9.17, 15) is 8.42 Å². The molecule has 0 amide bonds. The van der Waals surface area contributed by atoms with E-state index in [1.165, 1.54) is 0 Å². The largest absolute Gasteiger partial charge is 0.314 e. The van der Waals surface area contributed by atoms with Gasteiger partial charge in [-0.15, -0.1) is 0 Å². The number of piperazine rings is 1. The van der Waals surface area contributed by atoms with Crippen molar-refractivity contribution in [1.29, 1.82) is 0 Å². The smallest absolute Gasteiger partial charge is 0.215 e. The Kier molecular flexibility index (Phi) is 6.28. The van der Waals surface area contributed by atoms with Crippen LogP contribution in [-0.4, -0.2) is 52.6 Å². The van der Waals surface area contributed by atoms with Crippen molar-refractivity contribution in [3.05, 3.63) is 33.8 Å². The summed E-state index contributed by atoms with van der Waals surface area (Å²) in [5, 5.41) is 4.00. The van der Waals surface area contributed by atoms with Gasteiger partial charge in [0.1, 0.15) is 0 Å². The maximum absolute atomic E-state index is 12.1. The van der Waals surface area contributed by atoms with Crippen molar-refractivity contribution in [2.24, 2.45) is 0 Å². The van der Waals surface area contributed by atoms with Crippen molar-refractivity contribution in [2.75, 3.05) is 39.3 Å². The molecule has 2 rings (SSSR count). The lowest BCUT2D eigenvalue weighted by atomic mass is 10.2. The molecule has 1 aromatic carbocycles. The fourth-order valence-corrected chi connectivity index (χ4v) is 4.09. The fraction of sp³-hybridized carbons (Fsp3) is 0.538. The van der Waals surface area contributed by atoms with Crippen LogP contribution in [0, 0.1) is 0 Å². The second-order valence-corrected chi connectivity index (χ2v) is 7.57. The molecule has 1 heterocycles. The van der Waals surface area contributed by atoms with Gasteiger partial charge in [-0.1, -0.05) is 29.3 Å². The highest BCUT2D eigenvalue weighted by molar-refractivity contribution is 7.88. The Morgan fingerprint density at radius 2 is 1.81 bits per heavy atom. The molecule has 0 saturated carbocycles. The van der Waals surface area contributed by atoms with Crippen LogP contribution in [0.5, 0.6) is 0 Å². The molecule has 0 unspecified atom stereocenters.